The van der Waals surface area contributed by atoms with Crippen molar-refractivity contribution >= 4 is 21.9 Å². The number of rotatable bonds is 2. The van der Waals surface area contributed by atoms with E-state index >= 15 is 0 Å². The maximum Gasteiger partial charge on any atom is 0.358 e. The molecular formula is C11H8BrNO3. The summed E-state index contributed by atoms with van der Waals surface area (Å²) in [4.78, 5) is 14.9. The molecule has 0 aliphatic carbocycles. The lowest BCUT2D eigenvalue weighted by Gasteiger charge is -1.99. The van der Waals surface area contributed by atoms with Crippen LogP contribution in [0.5, 0.6) is 0 Å². The molecular weight excluding hydrogens is 274 g/mol. The maximum atomic E-state index is 11.0. The fourth-order valence-electron chi connectivity index (χ4n) is 1.42. The van der Waals surface area contributed by atoms with Crippen molar-refractivity contribution in [1.29, 1.82) is 0 Å². The second kappa shape index (κ2) is 4.09. The van der Waals surface area contributed by atoms with Gasteiger partial charge in [0.25, 0.3) is 4.80 Å². The van der Waals surface area contributed by atoms with Crippen LogP contribution in [0.25, 0.3) is 11.3 Å². The summed E-state index contributed by atoms with van der Waals surface area (Å²) in [6, 6.07) is 7.40. The fourth-order valence-corrected chi connectivity index (χ4v) is 1.76. The summed E-state index contributed by atoms with van der Waals surface area (Å²) in [5.74, 6) is -0.839. The molecule has 1 aromatic heterocycles. The summed E-state index contributed by atoms with van der Waals surface area (Å²) >= 11 is 3.03. The lowest BCUT2D eigenvalue weighted by atomic mass is 10.1. The number of hydrogen-bond donors (Lipinski definition) is 1. The highest BCUT2D eigenvalue weighted by molar-refractivity contribution is 9.10. The fraction of sp³-hybridized carbons (Fsp3) is 0.0909. The normalized spacial score (nSPS) is 10.4. The monoisotopic (exact) mass is 281 g/mol. The number of nitrogens with zero attached hydrogens (tertiary/aromatic N) is 1. The van der Waals surface area contributed by atoms with E-state index in [1.807, 2.05) is 25.1 Å². The van der Waals surface area contributed by atoms with Crippen molar-refractivity contribution in [3.05, 3.63) is 40.3 Å². The number of carboxylic acid groups (broad SMARTS) is 1. The van der Waals surface area contributed by atoms with E-state index in [1.54, 1.807) is 6.07 Å². The van der Waals surface area contributed by atoms with Gasteiger partial charge in [0.15, 0.2) is 11.5 Å². The second-order valence-corrected chi connectivity index (χ2v) is 4.00. The zero-order valence-electron chi connectivity index (χ0n) is 8.40. The van der Waals surface area contributed by atoms with Crippen molar-refractivity contribution in [2.45, 2.75) is 6.92 Å². The first kappa shape index (κ1) is 10.9. The van der Waals surface area contributed by atoms with Gasteiger partial charge in [-0.05, 0) is 13.0 Å². The minimum absolute atomic E-state index is 0.0857. The van der Waals surface area contributed by atoms with Crippen molar-refractivity contribution < 1.29 is 14.3 Å². The number of oxazole rings is 1. The molecule has 0 bridgehead atoms. The highest BCUT2D eigenvalue weighted by Crippen LogP contribution is 2.27. The molecule has 4 nitrogen and oxygen atoms in total. The lowest BCUT2D eigenvalue weighted by Crippen LogP contribution is -1.98. The van der Waals surface area contributed by atoms with Gasteiger partial charge in [-0.25, -0.2) is 4.79 Å². The molecule has 0 radical (unpaired) electrons. The average molecular weight is 282 g/mol. The van der Waals surface area contributed by atoms with Crippen LogP contribution in [0.4, 0.5) is 0 Å². The smallest absolute Gasteiger partial charge is 0.358 e. The van der Waals surface area contributed by atoms with Crippen LogP contribution in [-0.2, 0) is 0 Å². The van der Waals surface area contributed by atoms with E-state index in [4.69, 9.17) is 9.52 Å². The molecule has 1 N–H and O–H groups in total. The van der Waals surface area contributed by atoms with E-state index < -0.39 is 5.97 Å². The van der Waals surface area contributed by atoms with E-state index in [9.17, 15) is 4.79 Å². The molecule has 2 rings (SSSR count). The van der Waals surface area contributed by atoms with E-state index in [1.165, 1.54) is 0 Å². The summed E-state index contributed by atoms with van der Waals surface area (Å²) in [5.41, 5.74) is 1.65. The zero-order valence-corrected chi connectivity index (χ0v) is 9.98. The van der Waals surface area contributed by atoms with Crippen LogP contribution in [0.15, 0.2) is 33.5 Å². The van der Waals surface area contributed by atoms with Gasteiger partial charge in [-0.3, -0.25) is 0 Å². The number of aromatic carboxylic acids is 1. The maximum absolute atomic E-state index is 11.0. The third-order valence-electron chi connectivity index (χ3n) is 2.08. The van der Waals surface area contributed by atoms with E-state index in [2.05, 4.69) is 20.9 Å². The van der Waals surface area contributed by atoms with Gasteiger partial charge in [0.2, 0.25) is 0 Å². The Bertz CT molecular complexity index is 548. The van der Waals surface area contributed by atoms with Crippen LogP contribution in [-0.4, -0.2) is 16.1 Å². The molecule has 0 amide bonds. The van der Waals surface area contributed by atoms with Gasteiger partial charge in [0.1, 0.15) is 0 Å². The topological polar surface area (TPSA) is 63.3 Å². The number of benzene rings is 1. The molecule has 0 unspecified atom stereocenters. The van der Waals surface area contributed by atoms with Crippen molar-refractivity contribution in [3.63, 3.8) is 0 Å². The molecule has 0 fully saturated rings. The van der Waals surface area contributed by atoms with Crippen LogP contribution in [0.3, 0.4) is 0 Å². The van der Waals surface area contributed by atoms with E-state index in [-0.39, 0.29) is 16.3 Å². The first-order valence-electron chi connectivity index (χ1n) is 4.54. The zero-order chi connectivity index (χ0) is 11.7. The van der Waals surface area contributed by atoms with Gasteiger partial charge in [0.05, 0.1) is 0 Å². The van der Waals surface area contributed by atoms with Crippen LogP contribution >= 0.6 is 15.9 Å². The van der Waals surface area contributed by atoms with Crippen LogP contribution in [0.1, 0.15) is 16.1 Å². The SMILES string of the molecule is Cc1cccc(-c2oc(Br)nc2C(=O)O)c1. The molecule has 1 aromatic carbocycles. The highest BCUT2D eigenvalue weighted by Gasteiger charge is 2.19. The number of aromatic nitrogens is 1. The number of halogens is 1. The average Bonchev–Trinajstić information content (AvgIpc) is 2.60. The molecule has 0 atom stereocenters. The third-order valence-corrected chi connectivity index (χ3v) is 2.42. The Hall–Kier alpha value is -1.62. The largest absolute Gasteiger partial charge is 0.476 e. The summed E-state index contributed by atoms with van der Waals surface area (Å²) < 4.78 is 5.24. The highest BCUT2D eigenvalue weighted by atomic mass is 79.9. The van der Waals surface area contributed by atoms with Gasteiger partial charge in [-0.1, -0.05) is 23.8 Å². The predicted molar refractivity (Wildman–Crippen MR) is 61.3 cm³/mol. The minimum atomic E-state index is -1.11. The van der Waals surface area contributed by atoms with Crippen molar-refractivity contribution in [1.82, 2.24) is 4.98 Å². The van der Waals surface area contributed by atoms with E-state index in [0.29, 0.717) is 5.56 Å². The Morgan fingerprint density at radius 2 is 2.25 bits per heavy atom. The summed E-state index contributed by atoms with van der Waals surface area (Å²) in [6.07, 6.45) is 0. The van der Waals surface area contributed by atoms with Gasteiger partial charge < -0.3 is 9.52 Å². The number of carbonyl (C=O) groups is 1. The second-order valence-electron chi connectivity index (χ2n) is 3.32. The standard InChI is InChI=1S/C11H8BrNO3/c1-6-3-2-4-7(5-6)9-8(10(14)15)13-11(12)16-9/h2-5H,1H3,(H,14,15). The van der Waals surface area contributed by atoms with Gasteiger partial charge in [-0.2, -0.15) is 4.98 Å². The molecule has 16 heavy (non-hydrogen) atoms. The van der Waals surface area contributed by atoms with E-state index in [0.717, 1.165) is 5.56 Å². The molecule has 0 spiro atoms. The summed E-state index contributed by atoms with van der Waals surface area (Å²) in [5, 5.41) is 8.97. The van der Waals surface area contributed by atoms with Crippen LogP contribution < -0.4 is 0 Å². The molecule has 0 aliphatic rings. The van der Waals surface area contributed by atoms with Gasteiger partial charge >= 0.3 is 5.97 Å². The summed E-state index contributed by atoms with van der Waals surface area (Å²) in [6.45, 7) is 1.93. The number of aryl methyl sites for hydroxylation is 1. The van der Waals surface area contributed by atoms with Gasteiger partial charge in [-0.15, -0.1) is 0 Å². The van der Waals surface area contributed by atoms with Gasteiger partial charge in [0, 0.05) is 21.5 Å². The molecule has 82 valence electrons. The minimum Gasteiger partial charge on any atom is -0.476 e. The quantitative estimate of drug-likeness (QED) is 0.919. The van der Waals surface area contributed by atoms with Crippen LogP contribution in [0, 0.1) is 6.92 Å². The molecule has 0 saturated heterocycles. The van der Waals surface area contributed by atoms with Crippen molar-refractivity contribution in [2.75, 3.05) is 0 Å². The molecule has 1 heterocycles. The van der Waals surface area contributed by atoms with Crippen molar-refractivity contribution in [2.24, 2.45) is 0 Å². The van der Waals surface area contributed by atoms with Crippen molar-refractivity contribution in [3.8, 4) is 11.3 Å². The molecule has 5 heteroatoms. The molecule has 0 saturated carbocycles. The summed E-state index contributed by atoms with van der Waals surface area (Å²) in [7, 11) is 0. The predicted octanol–water partition coefficient (Wildman–Crippen LogP) is 3.11. The first-order valence-corrected chi connectivity index (χ1v) is 5.34. The number of carboxylic acids is 1. The third kappa shape index (κ3) is 1.99. The first-order chi connectivity index (χ1) is 7.58. The Kier molecular flexibility index (Phi) is 2.78. The lowest BCUT2D eigenvalue weighted by molar-refractivity contribution is 0.0691. The Morgan fingerprint density at radius 1 is 1.50 bits per heavy atom. The Morgan fingerprint density at radius 3 is 2.88 bits per heavy atom. The van der Waals surface area contributed by atoms with Crippen LogP contribution in [0.2, 0.25) is 0 Å². The molecule has 2 aromatic rings. The Labute approximate surface area is 100 Å². The number of hydrogen-bond acceptors (Lipinski definition) is 3. The Balaban J connectivity index is 2.59. The molecule has 0 aliphatic heterocycles.